The number of nitrogens with one attached hydrogen (secondary N) is 2. The topological polar surface area (TPSA) is 48.9 Å². The van der Waals surface area contributed by atoms with Crippen molar-refractivity contribution in [3.05, 3.63) is 0 Å². The Labute approximate surface area is 149 Å². The number of likely N-dealkylation sites (tertiary alicyclic amines) is 1. The lowest BCUT2D eigenvalue weighted by Gasteiger charge is -2.34. The summed E-state index contributed by atoms with van der Waals surface area (Å²) in [5, 5.41) is 6.91. The minimum Gasteiger partial charge on any atom is -0.379 e. The van der Waals surface area contributed by atoms with Crippen molar-refractivity contribution in [2.45, 2.75) is 53.6 Å². The third-order valence-electron chi connectivity index (χ3n) is 4.71. The smallest absolute Gasteiger partial charge is 0.191 e. The Morgan fingerprint density at radius 2 is 2.00 bits per heavy atom. The highest BCUT2D eigenvalue weighted by Crippen LogP contribution is 2.21. The predicted molar refractivity (Wildman–Crippen MR) is 104 cm³/mol. The summed E-state index contributed by atoms with van der Waals surface area (Å²) in [5.41, 5.74) is 0.112. The molecule has 0 bridgehead atoms. The molecule has 0 radical (unpaired) electrons. The Hall–Kier alpha value is -0.810. The summed E-state index contributed by atoms with van der Waals surface area (Å²) in [7, 11) is 3.61. The van der Waals surface area contributed by atoms with Crippen LogP contribution in [0.25, 0.3) is 0 Å². The average molecular weight is 341 g/mol. The molecule has 0 amide bonds. The third kappa shape index (κ3) is 7.84. The van der Waals surface area contributed by atoms with E-state index in [0.29, 0.717) is 5.92 Å². The van der Waals surface area contributed by atoms with Crippen molar-refractivity contribution >= 4 is 5.96 Å². The molecule has 0 aromatic heterocycles. The normalized spacial score (nSPS) is 21.8. The van der Waals surface area contributed by atoms with Crippen LogP contribution in [-0.2, 0) is 4.74 Å². The van der Waals surface area contributed by atoms with Crippen molar-refractivity contribution < 1.29 is 4.74 Å². The molecule has 0 aromatic carbocycles. The van der Waals surface area contributed by atoms with Crippen molar-refractivity contribution in [2.24, 2.45) is 22.2 Å². The van der Waals surface area contributed by atoms with Crippen molar-refractivity contribution in [1.82, 2.24) is 15.5 Å². The van der Waals surface area contributed by atoms with E-state index in [1.54, 1.807) is 7.11 Å². The van der Waals surface area contributed by atoms with E-state index in [4.69, 9.17) is 4.74 Å². The van der Waals surface area contributed by atoms with Gasteiger partial charge in [0.05, 0.1) is 6.10 Å². The maximum atomic E-state index is 5.60. The highest BCUT2D eigenvalue weighted by molar-refractivity contribution is 5.79. The molecule has 142 valence electrons. The van der Waals surface area contributed by atoms with Crippen molar-refractivity contribution in [3.63, 3.8) is 0 Å². The van der Waals surface area contributed by atoms with Gasteiger partial charge in [-0.2, -0.15) is 0 Å². The zero-order chi connectivity index (χ0) is 18.2. The first kappa shape index (κ1) is 21.2. The quantitative estimate of drug-likeness (QED) is 0.552. The largest absolute Gasteiger partial charge is 0.379 e. The van der Waals surface area contributed by atoms with E-state index >= 15 is 0 Å². The van der Waals surface area contributed by atoms with Crippen LogP contribution in [0.2, 0.25) is 0 Å². The lowest BCUT2D eigenvalue weighted by molar-refractivity contribution is 0.0205. The van der Waals surface area contributed by atoms with Gasteiger partial charge in [0.25, 0.3) is 0 Å². The molecule has 2 N–H and O–H groups in total. The van der Waals surface area contributed by atoms with Crippen LogP contribution in [0.5, 0.6) is 0 Å². The van der Waals surface area contributed by atoms with Crippen LogP contribution in [0.3, 0.4) is 0 Å². The Bertz CT molecular complexity index is 376. The first-order chi connectivity index (χ1) is 11.3. The number of hydrogen-bond donors (Lipinski definition) is 2. The van der Waals surface area contributed by atoms with Gasteiger partial charge in [0.15, 0.2) is 5.96 Å². The SMILES string of the molecule is CN=C(NCC1CCCN(CC(C)C)C1)NCC(OC)C(C)(C)C. The fourth-order valence-electron chi connectivity index (χ4n) is 3.39. The van der Waals surface area contributed by atoms with Gasteiger partial charge in [-0.05, 0) is 36.6 Å². The monoisotopic (exact) mass is 340 g/mol. The standard InChI is InChI=1S/C19H40N4O/c1-15(2)13-23-10-8-9-16(14-23)11-21-18(20-6)22-12-17(24-7)19(3,4)5/h15-17H,8-14H2,1-7H3,(H2,20,21,22). The molecule has 0 spiro atoms. The predicted octanol–water partition coefficient (Wildman–Crippen LogP) is 2.58. The number of nitrogens with zero attached hydrogens (tertiary/aromatic N) is 2. The van der Waals surface area contributed by atoms with Crippen LogP contribution in [0.1, 0.15) is 47.5 Å². The fourth-order valence-corrected chi connectivity index (χ4v) is 3.39. The summed E-state index contributed by atoms with van der Waals surface area (Å²) < 4.78 is 5.60. The molecule has 1 saturated heterocycles. The third-order valence-corrected chi connectivity index (χ3v) is 4.71. The number of aliphatic imine (C=N–C) groups is 1. The van der Waals surface area contributed by atoms with Crippen LogP contribution in [0, 0.1) is 17.3 Å². The van der Waals surface area contributed by atoms with Crippen molar-refractivity contribution in [1.29, 1.82) is 0 Å². The Balaban J connectivity index is 2.38. The summed E-state index contributed by atoms with van der Waals surface area (Å²) in [6, 6.07) is 0. The number of guanidine groups is 1. The number of ether oxygens (including phenoxy) is 1. The maximum absolute atomic E-state index is 5.60. The van der Waals surface area contributed by atoms with E-state index in [9.17, 15) is 0 Å². The lowest BCUT2D eigenvalue weighted by Crippen LogP contribution is -2.48. The summed E-state index contributed by atoms with van der Waals surface area (Å²) >= 11 is 0. The number of piperidine rings is 1. The molecule has 1 aliphatic heterocycles. The van der Waals surface area contributed by atoms with Crippen molar-refractivity contribution in [3.8, 4) is 0 Å². The van der Waals surface area contributed by atoms with Gasteiger partial charge < -0.3 is 20.3 Å². The van der Waals surface area contributed by atoms with E-state index in [2.05, 4.69) is 55.1 Å². The van der Waals surface area contributed by atoms with Gasteiger partial charge in [0.2, 0.25) is 0 Å². The highest BCUT2D eigenvalue weighted by Gasteiger charge is 2.25. The van der Waals surface area contributed by atoms with E-state index in [-0.39, 0.29) is 11.5 Å². The first-order valence-corrected chi connectivity index (χ1v) is 9.46. The molecular formula is C19H40N4O. The first-order valence-electron chi connectivity index (χ1n) is 9.46. The Morgan fingerprint density at radius 1 is 1.29 bits per heavy atom. The van der Waals surface area contributed by atoms with Gasteiger partial charge >= 0.3 is 0 Å². The molecule has 1 rings (SSSR count). The van der Waals surface area contributed by atoms with E-state index in [1.807, 2.05) is 7.05 Å². The van der Waals surface area contributed by atoms with Gasteiger partial charge in [-0.15, -0.1) is 0 Å². The highest BCUT2D eigenvalue weighted by atomic mass is 16.5. The van der Waals surface area contributed by atoms with Crippen molar-refractivity contribution in [2.75, 3.05) is 46.9 Å². The number of hydrogen-bond acceptors (Lipinski definition) is 3. The molecule has 24 heavy (non-hydrogen) atoms. The second kappa shape index (κ2) is 10.2. The zero-order valence-corrected chi connectivity index (χ0v) is 17.0. The van der Waals surface area contributed by atoms with Crippen LogP contribution in [0.4, 0.5) is 0 Å². The van der Waals surface area contributed by atoms with E-state index < -0.39 is 0 Å². The second-order valence-corrected chi connectivity index (χ2v) is 8.59. The molecule has 5 nitrogen and oxygen atoms in total. The van der Waals surface area contributed by atoms with Gasteiger partial charge in [-0.1, -0.05) is 34.6 Å². The summed E-state index contributed by atoms with van der Waals surface area (Å²) in [6.07, 6.45) is 2.77. The molecule has 2 unspecified atom stereocenters. The van der Waals surface area contributed by atoms with Crippen LogP contribution >= 0.6 is 0 Å². The summed E-state index contributed by atoms with van der Waals surface area (Å²) in [4.78, 5) is 6.96. The van der Waals surface area contributed by atoms with Crippen LogP contribution in [0.15, 0.2) is 4.99 Å². The number of rotatable bonds is 7. The molecule has 1 aliphatic rings. The molecule has 0 saturated carbocycles. The average Bonchev–Trinajstić information content (AvgIpc) is 2.49. The fraction of sp³-hybridized carbons (Fsp3) is 0.947. The molecule has 2 atom stereocenters. The molecule has 1 heterocycles. The number of methoxy groups -OCH3 is 1. The van der Waals surface area contributed by atoms with Crippen LogP contribution in [-0.4, -0.2) is 63.8 Å². The second-order valence-electron chi connectivity index (χ2n) is 8.59. The summed E-state index contributed by atoms with van der Waals surface area (Å²) in [6.45, 7) is 16.6. The minimum atomic E-state index is 0.112. The Morgan fingerprint density at radius 3 is 2.54 bits per heavy atom. The molecular weight excluding hydrogens is 300 g/mol. The summed E-state index contributed by atoms with van der Waals surface area (Å²) in [5.74, 6) is 2.33. The van der Waals surface area contributed by atoms with E-state index in [0.717, 1.165) is 25.0 Å². The van der Waals surface area contributed by atoms with Gasteiger partial charge in [0.1, 0.15) is 0 Å². The van der Waals surface area contributed by atoms with Gasteiger partial charge in [-0.25, -0.2) is 0 Å². The van der Waals surface area contributed by atoms with Crippen LogP contribution < -0.4 is 10.6 Å². The minimum absolute atomic E-state index is 0.112. The van der Waals surface area contributed by atoms with Gasteiger partial charge in [0, 0.05) is 40.3 Å². The molecule has 0 aliphatic carbocycles. The maximum Gasteiger partial charge on any atom is 0.191 e. The van der Waals surface area contributed by atoms with Gasteiger partial charge in [-0.3, -0.25) is 4.99 Å². The zero-order valence-electron chi connectivity index (χ0n) is 17.0. The van der Waals surface area contributed by atoms with E-state index in [1.165, 1.54) is 32.5 Å². The molecule has 0 aromatic rings. The molecule has 1 fully saturated rings. The lowest BCUT2D eigenvalue weighted by atomic mass is 9.89. The Kier molecular flexibility index (Phi) is 9.06. The molecule has 5 heteroatoms.